The molecule has 2 aromatic rings. The zero-order valence-corrected chi connectivity index (χ0v) is 10.7. The number of nitrogens with two attached hydrogens (primary N) is 1. The minimum atomic E-state index is 0.0390. The average Bonchev–Trinajstić information content (AvgIpc) is 3.14. The summed E-state index contributed by atoms with van der Waals surface area (Å²) in [5.41, 5.74) is 8.01. The number of fused-ring (bicyclic) bond motifs is 1. The highest BCUT2D eigenvalue weighted by Crippen LogP contribution is 2.28. The van der Waals surface area contributed by atoms with Gasteiger partial charge in [-0.3, -0.25) is 4.79 Å². The normalized spacial score (nSPS) is 14.5. The van der Waals surface area contributed by atoms with E-state index in [1.165, 1.54) is 0 Å². The molecule has 4 nitrogen and oxygen atoms in total. The number of aromatic amines is 1. The van der Waals surface area contributed by atoms with E-state index in [2.05, 4.69) is 11.6 Å². The van der Waals surface area contributed by atoms with Crippen LogP contribution < -0.4 is 5.73 Å². The number of carbonyl (C=O) groups excluding carboxylic acids is 1. The first-order valence-corrected chi connectivity index (χ1v) is 6.49. The van der Waals surface area contributed by atoms with Gasteiger partial charge >= 0.3 is 0 Å². The average molecular weight is 255 g/mol. The largest absolute Gasteiger partial charge is 0.399 e. The van der Waals surface area contributed by atoms with E-state index < -0.39 is 0 Å². The molecule has 0 spiro atoms. The number of amides is 1. The molecule has 4 heteroatoms. The van der Waals surface area contributed by atoms with E-state index in [4.69, 9.17) is 5.73 Å². The van der Waals surface area contributed by atoms with Crippen molar-refractivity contribution < 1.29 is 4.79 Å². The van der Waals surface area contributed by atoms with Crippen molar-refractivity contribution in [2.24, 2.45) is 0 Å². The van der Waals surface area contributed by atoms with Crippen molar-refractivity contribution in [2.45, 2.75) is 18.9 Å². The Morgan fingerprint density at radius 2 is 2.26 bits per heavy atom. The predicted octanol–water partition coefficient (Wildman–Crippen LogP) is 2.54. The first-order valence-electron chi connectivity index (χ1n) is 6.49. The van der Waals surface area contributed by atoms with E-state index in [0.717, 1.165) is 23.7 Å². The number of anilines is 1. The van der Waals surface area contributed by atoms with E-state index in [9.17, 15) is 4.79 Å². The van der Waals surface area contributed by atoms with Gasteiger partial charge in [-0.15, -0.1) is 6.58 Å². The van der Waals surface area contributed by atoms with Crippen LogP contribution in [0.3, 0.4) is 0 Å². The highest BCUT2D eigenvalue weighted by atomic mass is 16.2. The van der Waals surface area contributed by atoms with Crippen molar-refractivity contribution in [3.8, 4) is 0 Å². The van der Waals surface area contributed by atoms with Gasteiger partial charge in [0.05, 0.1) is 0 Å². The van der Waals surface area contributed by atoms with Crippen LogP contribution in [-0.2, 0) is 0 Å². The van der Waals surface area contributed by atoms with Crippen molar-refractivity contribution >= 4 is 22.5 Å². The third kappa shape index (κ3) is 2.21. The molecule has 0 atom stereocenters. The molecule has 0 aliphatic heterocycles. The molecule has 1 amide bonds. The van der Waals surface area contributed by atoms with E-state index >= 15 is 0 Å². The lowest BCUT2D eigenvalue weighted by Crippen LogP contribution is -2.33. The van der Waals surface area contributed by atoms with Crippen LogP contribution in [-0.4, -0.2) is 28.4 Å². The number of hydrogen-bond donors (Lipinski definition) is 2. The molecule has 3 rings (SSSR count). The molecule has 1 aliphatic carbocycles. The Morgan fingerprint density at radius 3 is 2.95 bits per heavy atom. The van der Waals surface area contributed by atoms with Crippen LogP contribution in [0.2, 0.25) is 0 Å². The Balaban J connectivity index is 1.93. The fourth-order valence-corrected chi connectivity index (χ4v) is 2.34. The lowest BCUT2D eigenvalue weighted by atomic mass is 10.2. The monoisotopic (exact) mass is 255 g/mol. The lowest BCUT2D eigenvalue weighted by Gasteiger charge is -2.19. The maximum Gasteiger partial charge on any atom is 0.270 e. The first-order chi connectivity index (χ1) is 9.19. The van der Waals surface area contributed by atoms with Gasteiger partial charge in [0.2, 0.25) is 0 Å². The van der Waals surface area contributed by atoms with E-state index in [0.29, 0.717) is 24.0 Å². The summed E-state index contributed by atoms with van der Waals surface area (Å²) in [6, 6.07) is 7.85. The second-order valence-electron chi connectivity index (χ2n) is 5.01. The summed E-state index contributed by atoms with van der Waals surface area (Å²) in [4.78, 5) is 17.5. The molecule has 0 unspecified atom stereocenters. The fraction of sp³-hybridized carbons (Fsp3) is 0.267. The summed E-state index contributed by atoms with van der Waals surface area (Å²) in [5.74, 6) is 0.0390. The van der Waals surface area contributed by atoms with Crippen LogP contribution in [0, 0.1) is 0 Å². The summed E-state index contributed by atoms with van der Waals surface area (Å²) >= 11 is 0. The Bertz CT molecular complexity index is 640. The van der Waals surface area contributed by atoms with Gasteiger partial charge in [-0.05, 0) is 37.1 Å². The molecule has 1 aromatic heterocycles. The summed E-state index contributed by atoms with van der Waals surface area (Å²) in [6.45, 7) is 4.32. The zero-order valence-electron chi connectivity index (χ0n) is 10.7. The number of benzene rings is 1. The molecule has 1 fully saturated rings. The topological polar surface area (TPSA) is 62.1 Å². The molecular formula is C15H17N3O. The van der Waals surface area contributed by atoms with Crippen molar-refractivity contribution in [2.75, 3.05) is 12.3 Å². The van der Waals surface area contributed by atoms with Crippen LogP contribution in [0.5, 0.6) is 0 Å². The van der Waals surface area contributed by atoms with Gasteiger partial charge in [0.1, 0.15) is 5.69 Å². The van der Waals surface area contributed by atoms with Gasteiger partial charge in [-0.2, -0.15) is 0 Å². The second-order valence-corrected chi connectivity index (χ2v) is 5.01. The molecule has 1 heterocycles. The highest BCUT2D eigenvalue weighted by molar-refractivity contribution is 5.99. The van der Waals surface area contributed by atoms with E-state index in [-0.39, 0.29) is 5.91 Å². The summed E-state index contributed by atoms with van der Waals surface area (Å²) < 4.78 is 0. The van der Waals surface area contributed by atoms with E-state index in [1.54, 1.807) is 6.08 Å². The van der Waals surface area contributed by atoms with Crippen LogP contribution in [0.1, 0.15) is 23.3 Å². The summed E-state index contributed by atoms with van der Waals surface area (Å²) in [7, 11) is 0. The minimum Gasteiger partial charge on any atom is -0.399 e. The fourth-order valence-electron chi connectivity index (χ4n) is 2.34. The van der Waals surface area contributed by atoms with Crippen LogP contribution >= 0.6 is 0 Å². The Morgan fingerprint density at radius 1 is 1.47 bits per heavy atom. The summed E-state index contributed by atoms with van der Waals surface area (Å²) in [6.07, 6.45) is 3.95. The third-order valence-corrected chi connectivity index (χ3v) is 3.45. The number of nitrogens with one attached hydrogen (secondary N) is 1. The molecule has 1 aliphatic rings. The molecule has 1 saturated carbocycles. The van der Waals surface area contributed by atoms with Gasteiger partial charge in [0, 0.05) is 29.2 Å². The molecule has 1 aromatic carbocycles. The standard InChI is InChI=1S/C15H17N3O/c1-2-7-18(12-4-5-12)15(19)14-9-10-8-11(16)3-6-13(10)17-14/h2-3,6,8-9,12,17H,1,4-5,7,16H2. The van der Waals surface area contributed by atoms with Crippen LogP contribution in [0.25, 0.3) is 10.9 Å². The molecule has 19 heavy (non-hydrogen) atoms. The highest BCUT2D eigenvalue weighted by Gasteiger charge is 2.32. The van der Waals surface area contributed by atoms with Gasteiger partial charge < -0.3 is 15.6 Å². The van der Waals surface area contributed by atoms with Gasteiger partial charge in [-0.1, -0.05) is 6.08 Å². The number of nitrogen functional groups attached to an aromatic ring is 1. The third-order valence-electron chi connectivity index (χ3n) is 3.45. The van der Waals surface area contributed by atoms with Gasteiger partial charge in [0.15, 0.2) is 0 Å². The number of rotatable bonds is 4. The number of aromatic nitrogens is 1. The summed E-state index contributed by atoms with van der Waals surface area (Å²) in [5, 5.41) is 0.970. The van der Waals surface area contributed by atoms with Gasteiger partial charge in [-0.25, -0.2) is 0 Å². The Labute approximate surface area is 111 Å². The minimum absolute atomic E-state index is 0.0390. The van der Waals surface area contributed by atoms with Crippen molar-refractivity contribution in [3.05, 3.63) is 42.6 Å². The van der Waals surface area contributed by atoms with Crippen molar-refractivity contribution in [1.82, 2.24) is 9.88 Å². The van der Waals surface area contributed by atoms with Crippen LogP contribution in [0.15, 0.2) is 36.9 Å². The Kier molecular flexibility index (Phi) is 2.78. The maximum atomic E-state index is 12.5. The smallest absolute Gasteiger partial charge is 0.270 e. The quantitative estimate of drug-likeness (QED) is 0.651. The molecule has 0 radical (unpaired) electrons. The first kappa shape index (κ1) is 11.8. The molecule has 0 bridgehead atoms. The van der Waals surface area contributed by atoms with Crippen LogP contribution in [0.4, 0.5) is 5.69 Å². The number of nitrogens with zero attached hydrogens (tertiary/aromatic N) is 1. The predicted molar refractivity (Wildman–Crippen MR) is 77.0 cm³/mol. The second kappa shape index (κ2) is 4.46. The lowest BCUT2D eigenvalue weighted by molar-refractivity contribution is 0.0758. The number of hydrogen-bond acceptors (Lipinski definition) is 2. The number of carbonyl (C=O) groups is 1. The van der Waals surface area contributed by atoms with Crippen molar-refractivity contribution in [1.29, 1.82) is 0 Å². The SMILES string of the molecule is C=CCN(C(=O)c1cc2cc(N)ccc2[nH]1)C1CC1. The van der Waals surface area contributed by atoms with Crippen molar-refractivity contribution in [3.63, 3.8) is 0 Å². The van der Waals surface area contributed by atoms with E-state index in [1.807, 2.05) is 29.2 Å². The molecule has 0 saturated heterocycles. The number of H-pyrrole nitrogens is 1. The molecule has 3 N–H and O–H groups in total. The Hall–Kier alpha value is -2.23. The van der Waals surface area contributed by atoms with Gasteiger partial charge in [0.25, 0.3) is 5.91 Å². The molecular weight excluding hydrogens is 238 g/mol. The zero-order chi connectivity index (χ0) is 13.4. The maximum absolute atomic E-state index is 12.5. The molecule has 98 valence electrons.